The van der Waals surface area contributed by atoms with Crippen LogP contribution in [0, 0.1) is 5.92 Å². The second-order valence-electron chi connectivity index (χ2n) is 5.07. The van der Waals surface area contributed by atoms with Crippen molar-refractivity contribution in [3.63, 3.8) is 0 Å². The Labute approximate surface area is 98.0 Å². The molecular formula is C12H23N3O. The Kier molecular flexibility index (Phi) is 3.69. The maximum Gasteiger partial charge on any atom is 0.319 e. The van der Waals surface area contributed by atoms with Crippen LogP contribution in [-0.2, 0) is 0 Å². The summed E-state index contributed by atoms with van der Waals surface area (Å²) in [5.41, 5.74) is 0. The van der Waals surface area contributed by atoms with Gasteiger partial charge < -0.3 is 15.1 Å². The minimum Gasteiger partial charge on any atom is -0.326 e. The highest BCUT2D eigenvalue weighted by Gasteiger charge is 2.29. The van der Waals surface area contributed by atoms with Crippen LogP contribution in [-0.4, -0.2) is 55.6 Å². The van der Waals surface area contributed by atoms with Crippen molar-refractivity contribution in [2.24, 2.45) is 5.92 Å². The van der Waals surface area contributed by atoms with E-state index in [0.29, 0.717) is 6.04 Å². The van der Waals surface area contributed by atoms with E-state index in [1.165, 1.54) is 19.3 Å². The van der Waals surface area contributed by atoms with E-state index in [-0.39, 0.29) is 6.03 Å². The van der Waals surface area contributed by atoms with Crippen LogP contribution in [0.1, 0.15) is 25.7 Å². The number of rotatable bonds is 4. The Hall–Kier alpha value is -0.770. The Morgan fingerprint density at radius 1 is 1.38 bits per heavy atom. The third-order valence-corrected chi connectivity index (χ3v) is 4.10. The zero-order valence-electron chi connectivity index (χ0n) is 10.4. The van der Waals surface area contributed by atoms with E-state index in [1.54, 1.807) is 0 Å². The molecule has 0 aromatic rings. The first-order chi connectivity index (χ1) is 7.72. The number of nitrogens with one attached hydrogen (secondary N) is 1. The summed E-state index contributed by atoms with van der Waals surface area (Å²) >= 11 is 0. The number of amides is 2. The van der Waals surface area contributed by atoms with Crippen molar-refractivity contribution in [1.82, 2.24) is 15.1 Å². The fourth-order valence-electron chi connectivity index (χ4n) is 2.99. The van der Waals surface area contributed by atoms with Crippen molar-refractivity contribution in [2.75, 3.05) is 33.7 Å². The number of hydrogen-bond acceptors (Lipinski definition) is 2. The SMILES string of the molecule is CNC1CCCC1CCN1CCN(C)C1=O. The smallest absolute Gasteiger partial charge is 0.319 e. The molecule has 0 aromatic heterocycles. The normalized spacial score (nSPS) is 30.5. The largest absolute Gasteiger partial charge is 0.326 e. The van der Waals surface area contributed by atoms with Crippen LogP contribution in [0.4, 0.5) is 4.79 Å². The maximum absolute atomic E-state index is 11.7. The first kappa shape index (κ1) is 11.7. The van der Waals surface area contributed by atoms with Crippen molar-refractivity contribution in [1.29, 1.82) is 0 Å². The van der Waals surface area contributed by atoms with Gasteiger partial charge in [0.2, 0.25) is 0 Å². The third kappa shape index (κ3) is 2.32. The monoisotopic (exact) mass is 225 g/mol. The third-order valence-electron chi connectivity index (χ3n) is 4.10. The topological polar surface area (TPSA) is 35.6 Å². The van der Waals surface area contributed by atoms with Crippen LogP contribution < -0.4 is 5.32 Å². The lowest BCUT2D eigenvalue weighted by atomic mass is 9.99. The highest BCUT2D eigenvalue weighted by Crippen LogP contribution is 2.28. The molecule has 0 aromatic carbocycles. The molecule has 1 saturated carbocycles. The minimum absolute atomic E-state index is 0.207. The van der Waals surface area contributed by atoms with E-state index in [9.17, 15) is 4.79 Å². The number of hydrogen-bond donors (Lipinski definition) is 1. The summed E-state index contributed by atoms with van der Waals surface area (Å²) in [5, 5.41) is 3.40. The van der Waals surface area contributed by atoms with Gasteiger partial charge in [-0.15, -0.1) is 0 Å². The molecule has 2 unspecified atom stereocenters. The summed E-state index contributed by atoms with van der Waals surface area (Å²) in [7, 11) is 3.94. The second-order valence-corrected chi connectivity index (χ2v) is 5.07. The lowest BCUT2D eigenvalue weighted by Crippen LogP contribution is -2.34. The van der Waals surface area contributed by atoms with Gasteiger partial charge in [-0.2, -0.15) is 0 Å². The molecule has 0 radical (unpaired) electrons. The molecule has 2 amide bonds. The number of carbonyl (C=O) groups is 1. The van der Waals surface area contributed by atoms with Gasteiger partial charge in [0, 0.05) is 32.7 Å². The predicted molar refractivity (Wildman–Crippen MR) is 64.4 cm³/mol. The van der Waals surface area contributed by atoms with E-state index in [1.807, 2.05) is 16.8 Å². The summed E-state index contributed by atoms with van der Waals surface area (Å²) in [6.45, 7) is 2.73. The lowest BCUT2D eigenvalue weighted by molar-refractivity contribution is 0.194. The van der Waals surface area contributed by atoms with E-state index in [4.69, 9.17) is 0 Å². The molecule has 1 aliphatic carbocycles. The zero-order valence-corrected chi connectivity index (χ0v) is 10.4. The van der Waals surface area contributed by atoms with Gasteiger partial charge >= 0.3 is 6.03 Å². The molecule has 92 valence electrons. The van der Waals surface area contributed by atoms with Gasteiger partial charge in [0.25, 0.3) is 0 Å². The quantitative estimate of drug-likeness (QED) is 0.778. The molecule has 4 nitrogen and oxygen atoms in total. The molecule has 2 rings (SSSR count). The van der Waals surface area contributed by atoms with Crippen LogP contribution in [0.5, 0.6) is 0 Å². The van der Waals surface area contributed by atoms with Gasteiger partial charge in [0.15, 0.2) is 0 Å². The first-order valence-corrected chi connectivity index (χ1v) is 6.39. The van der Waals surface area contributed by atoms with E-state index in [2.05, 4.69) is 12.4 Å². The van der Waals surface area contributed by atoms with Crippen molar-refractivity contribution in [3.05, 3.63) is 0 Å². The average molecular weight is 225 g/mol. The Morgan fingerprint density at radius 2 is 2.19 bits per heavy atom. The van der Waals surface area contributed by atoms with Crippen LogP contribution in [0.25, 0.3) is 0 Å². The molecule has 0 spiro atoms. The Bertz CT molecular complexity index is 257. The van der Waals surface area contributed by atoms with Crippen LogP contribution >= 0.6 is 0 Å². The Balaban J connectivity index is 1.77. The van der Waals surface area contributed by atoms with Gasteiger partial charge in [0.1, 0.15) is 0 Å². The molecule has 1 N–H and O–H groups in total. The number of urea groups is 1. The number of carbonyl (C=O) groups excluding carboxylic acids is 1. The van der Waals surface area contributed by atoms with Crippen molar-refractivity contribution in [2.45, 2.75) is 31.7 Å². The van der Waals surface area contributed by atoms with Gasteiger partial charge in [0.05, 0.1) is 0 Å². The molecule has 1 heterocycles. The summed E-state index contributed by atoms with van der Waals surface area (Å²) in [6.07, 6.45) is 5.12. The lowest BCUT2D eigenvalue weighted by Gasteiger charge is -2.22. The molecule has 2 atom stereocenters. The molecule has 16 heavy (non-hydrogen) atoms. The molecule has 4 heteroatoms. The molecule has 1 saturated heterocycles. The van der Waals surface area contributed by atoms with E-state index >= 15 is 0 Å². The summed E-state index contributed by atoms with van der Waals surface area (Å²) < 4.78 is 0. The highest BCUT2D eigenvalue weighted by molar-refractivity contribution is 5.76. The molecular weight excluding hydrogens is 202 g/mol. The molecule has 2 aliphatic rings. The molecule has 0 bridgehead atoms. The van der Waals surface area contributed by atoms with E-state index < -0.39 is 0 Å². The fourth-order valence-corrected chi connectivity index (χ4v) is 2.99. The minimum atomic E-state index is 0.207. The van der Waals surface area contributed by atoms with Gasteiger partial charge in [-0.05, 0) is 32.2 Å². The van der Waals surface area contributed by atoms with Gasteiger partial charge in [-0.1, -0.05) is 6.42 Å². The zero-order chi connectivity index (χ0) is 11.5. The molecule has 2 fully saturated rings. The summed E-state index contributed by atoms with van der Waals surface area (Å²) in [5.74, 6) is 0.767. The van der Waals surface area contributed by atoms with Crippen molar-refractivity contribution in [3.8, 4) is 0 Å². The fraction of sp³-hybridized carbons (Fsp3) is 0.917. The maximum atomic E-state index is 11.7. The van der Waals surface area contributed by atoms with E-state index in [0.717, 1.165) is 32.0 Å². The van der Waals surface area contributed by atoms with Crippen LogP contribution in [0.3, 0.4) is 0 Å². The van der Waals surface area contributed by atoms with Crippen LogP contribution in [0.2, 0.25) is 0 Å². The first-order valence-electron chi connectivity index (χ1n) is 6.39. The second kappa shape index (κ2) is 5.04. The average Bonchev–Trinajstić information content (AvgIpc) is 2.86. The standard InChI is InChI=1S/C12H23N3O/c1-13-11-5-3-4-10(11)6-7-15-9-8-14(2)12(15)16/h10-11,13H,3-9H2,1-2H3. The summed E-state index contributed by atoms with van der Waals surface area (Å²) in [6, 6.07) is 0.884. The summed E-state index contributed by atoms with van der Waals surface area (Å²) in [4.78, 5) is 15.5. The van der Waals surface area contributed by atoms with Crippen molar-refractivity contribution >= 4 is 6.03 Å². The predicted octanol–water partition coefficient (Wildman–Crippen LogP) is 1.13. The number of nitrogens with zero attached hydrogens (tertiary/aromatic N) is 2. The van der Waals surface area contributed by atoms with Gasteiger partial charge in [-0.3, -0.25) is 0 Å². The Morgan fingerprint density at radius 3 is 2.81 bits per heavy atom. The van der Waals surface area contributed by atoms with Gasteiger partial charge in [-0.25, -0.2) is 4.79 Å². The number of likely N-dealkylation sites (N-methyl/N-ethyl adjacent to an activating group) is 1. The van der Waals surface area contributed by atoms with Crippen molar-refractivity contribution < 1.29 is 4.79 Å². The molecule has 1 aliphatic heterocycles. The highest BCUT2D eigenvalue weighted by atomic mass is 16.2. The van der Waals surface area contributed by atoms with Crippen LogP contribution in [0.15, 0.2) is 0 Å².